The molecule has 0 aliphatic carbocycles. The first-order valence-electron chi connectivity index (χ1n) is 6.52. The van der Waals surface area contributed by atoms with E-state index >= 15 is 0 Å². The molecule has 1 rings (SSSR count). The molecule has 3 nitrogen and oxygen atoms in total. The van der Waals surface area contributed by atoms with Crippen LogP contribution in [0.1, 0.15) is 18.9 Å². The minimum absolute atomic E-state index is 0.0883. The number of halogens is 1. The largest absolute Gasteiger partial charge is 0.354 e. The Labute approximate surface area is 124 Å². The van der Waals surface area contributed by atoms with Crippen LogP contribution < -0.4 is 10.6 Å². The maximum atomic E-state index is 11.5. The summed E-state index contributed by atoms with van der Waals surface area (Å²) in [5, 5.41) is 6.87. The number of hydrogen-bond donors (Lipinski definition) is 2. The number of carbonyl (C=O) groups excluding carboxylic acids is 1. The van der Waals surface area contributed by atoms with Gasteiger partial charge in [0, 0.05) is 23.9 Å². The molecule has 2 N–H and O–H groups in total. The first-order chi connectivity index (χ1) is 9.22. The van der Waals surface area contributed by atoms with E-state index in [2.05, 4.69) is 17.6 Å². The summed E-state index contributed by atoms with van der Waals surface area (Å²) >= 11 is 7.50. The Hall–Kier alpha value is -0.710. The molecule has 0 atom stereocenters. The van der Waals surface area contributed by atoms with Crippen molar-refractivity contribution in [2.45, 2.75) is 19.1 Å². The Bertz CT molecular complexity index is 387. The highest BCUT2D eigenvalue weighted by molar-refractivity contribution is 7.99. The van der Waals surface area contributed by atoms with Crippen LogP contribution in [-0.2, 0) is 10.5 Å². The average molecular weight is 301 g/mol. The van der Waals surface area contributed by atoms with Gasteiger partial charge in [-0.3, -0.25) is 4.79 Å². The molecule has 1 amide bonds. The van der Waals surface area contributed by atoms with E-state index in [0.717, 1.165) is 35.8 Å². The van der Waals surface area contributed by atoms with Crippen LogP contribution in [0.15, 0.2) is 24.3 Å². The molecule has 0 fully saturated rings. The molecule has 5 heteroatoms. The van der Waals surface area contributed by atoms with Crippen molar-refractivity contribution in [1.29, 1.82) is 0 Å². The summed E-state index contributed by atoms with van der Waals surface area (Å²) in [4.78, 5) is 11.5. The lowest BCUT2D eigenvalue weighted by atomic mass is 10.2. The third kappa shape index (κ3) is 8.14. The monoisotopic (exact) mass is 300 g/mol. The maximum Gasteiger partial charge on any atom is 0.230 e. The van der Waals surface area contributed by atoms with E-state index < -0.39 is 0 Å². The molecule has 0 aromatic heterocycles. The van der Waals surface area contributed by atoms with Crippen LogP contribution in [0, 0.1) is 0 Å². The minimum atomic E-state index is 0.0883. The van der Waals surface area contributed by atoms with Gasteiger partial charge >= 0.3 is 0 Å². The van der Waals surface area contributed by atoms with Gasteiger partial charge in [0.2, 0.25) is 5.91 Å². The van der Waals surface area contributed by atoms with Gasteiger partial charge < -0.3 is 10.6 Å². The number of benzene rings is 1. The number of amides is 1. The lowest BCUT2D eigenvalue weighted by Crippen LogP contribution is -2.33. The summed E-state index contributed by atoms with van der Waals surface area (Å²) in [6, 6.07) is 7.73. The number of thioether (sulfide) groups is 1. The summed E-state index contributed by atoms with van der Waals surface area (Å²) in [5.74, 6) is 1.38. The molecule has 0 bridgehead atoms. The fourth-order valence-corrected chi connectivity index (χ4v) is 2.55. The summed E-state index contributed by atoms with van der Waals surface area (Å²) in [6.07, 6.45) is 1.11. The van der Waals surface area contributed by atoms with Gasteiger partial charge in [0.05, 0.1) is 5.75 Å². The van der Waals surface area contributed by atoms with Crippen LogP contribution >= 0.6 is 23.4 Å². The number of nitrogens with one attached hydrogen (secondary N) is 2. The van der Waals surface area contributed by atoms with E-state index in [1.54, 1.807) is 11.8 Å². The van der Waals surface area contributed by atoms with Gasteiger partial charge in [0.15, 0.2) is 0 Å². The third-order valence-electron chi connectivity index (χ3n) is 2.44. The molecule has 0 saturated heterocycles. The molecule has 0 heterocycles. The minimum Gasteiger partial charge on any atom is -0.354 e. The van der Waals surface area contributed by atoms with Crippen molar-refractivity contribution >= 4 is 29.3 Å². The van der Waals surface area contributed by atoms with Crippen molar-refractivity contribution in [2.24, 2.45) is 0 Å². The van der Waals surface area contributed by atoms with E-state index in [4.69, 9.17) is 11.6 Å². The molecular weight excluding hydrogens is 280 g/mol. The summed E-state index contributed by atoms with van der Waals surface area (Å²) in [6.45, 7) is 4.65. The van der Waals surface area contributed by atoms with Gasteiger partial charge in [-0.25, -0.2) is 0 Å². The topological polar surface area (TPSA) is 41.1 Å². The van der Waals surface area contributed by atoms with Gasteiger partial charge in [-0.15, -0.1) is 11.8 Å². The second kappa shape index (κ2) is 10.1. The Balaban J connectivity index is 2.07. The maximum absolute atomic E-state index is 11.5. The van der Waals surface area contributed by atoms with Crippen molar-refractivity contribution in [1.82, 2.24) is 10.6 Å². The quantitative estimate of drug-likeness (QED) is 0.689. The zero-order chi connectivity index (χ0) is 13.9. The van der Waals surface area contributed by atoms with E-state index in [9.17, 15) is 4.79 Å². The van der Waals surface area contributed by atoms with E-state index in [-0.39, 0.29) is 5.91 Å². The van der Waals surface area contributed by atoms with Crippen LogP contribution in [-0.4, -0.2) is 31.3 Å². The Morgan fingerprint density at radius 3 is 2.89 bits per heavy atom. The van der Waals surface area contributed by atoms with Gasteiger partial charge in [0.1, 0.15) is 0 Å². The fraction of sp³-hybridized carbons (Fsp3) is 0.500. The average Bonchev–Trinajstić information content (AvgIpc) is 2.38. The highest BCUT2D eigenvalue weighted by atomic mass is 35.5. The predicted octanol–water partition coefficient (Wildman–Crippen LogP) is 2.69. The fourth-order valence-electron chi connectivity index (χ4n) is 1.53. The number of carbonyl (C=O) groups is 1. The summed E-state index contributed by atoms with van der Waals surface area (Å²) < 4.78 is 0. The van der Waals surface area contributed by atoms with Gasteiger partial charge in [-0.05, 0) is 30.7 Å². The van der Waals surface area contributed by atoms with Crippen molar-refractivity contribution in [3.05, 3.63) is 34.9 Å². The van der Waals surface area contributed by atoms with Crippen molar-refractivity contribution < 1.29 is 4.79 Å². The van der Waals surface area contributed by atoms with Gasteiger partial charge in [-0.1, -0.05) is 30.7 Å². The molecule has 0 unspecified atom stereocenters. The van der Waals surface area contributed by atoms with Crippen LogP contribution in [0.3, 0.4) is 0 Å². The number of rotatable bonds is 9. The molecule has 0 aliphatic rings. The smallest absolute Gasteiger partial charge is 0.230 e. The molecule has 0 radical (unpaired) electrons. The van der Waals surface area contributed by atoms with Crippen molar-refractivity contribution in [3.63, 3.8) is 0 Å². The summed E-state index contributed by atoms with van der Waals surface area (Å²) in [5.41, 5.74) is 1.15. The van der Waals surface area contributed by atoms with E-state index in [0.29, 0.717) is 12.3 Å². The molecule has 19 heavy (non-hydrogen) atoms. The first kappa shape index (κ1) is 16.3. The molecule has 1 aromatic rings. The lowest BCUT2D eigenvalue weighted by Gasteiger charge is -2.06. The van der Waals surface area contributed by atoms with E-state index in [1.165, 1.54) is 0 Å². The molecule has 106 valence electrons. The Morgan fingerprint density at radius 2 is 2.16 bits per heavy atom. The molecule has 1 aromatic carbocycles. The highest BCUT2D eigenvalue weighted by Gasteiger charge is 2.01. The SMILES string of the molecule is CCCNCCNC(=O)CSCc1cccc(Cl)c1. The lowest BCUT2D eigenvalue weighted by molar-refractivity contribution is -0.118. The zero-order valence-electron chi connectivity index (χ0n) is 11.2. The standard InChI is InChI=1S/C14H21ClN2OS/c1-2-6-16-7-8-17-14(18)11-19-10-12-4-3-5-13(15)9-12/h3-5,9,16H,2,6-8,10-11H2,1H3,(H,17,18). The van der Waals surface area contributed by atoms with Crippen molar-refractivity contribution in [2.75, 3.05) is 25.4 Å². The zero-order valence-corrected chi connectivity index (χ0v) is 12.8. The number of hydrogen-bond acceptors (Lipinski definition) is 3. The normalized spacial score (nSPS) is 10.4. The Kier molecular flexibility index (Phi) is 8.71. The van der Waals surface area contributed by atoms with Crippen LogP contribution in [0.25, 0.3) is 0 Å². The van der Waals surface area contributed by atoms with Gasteiger partial charge in [-0.2, -0.15) is 0 Å². The predicted molar refractivity (Wildman–Crippen MR) is 83.8 cm³/mol. The highest BCUT2D eigenvalue weighted by Crippen LogP contribution is 2.16. The second-order valence-electron chi connectivity index (χ2n) is 4.22. The van der Waals surface area contributed by atoms with E-state index in [1.807, 2.05) is 24.3 Å². The molecule has 0 saturated carbocycles. The van der Waals surface area contributed by atoms with Crippen LogP contribution in [0.4, 0.5) is 0 Å². The first-order valence-corrected chi connectivity index (χ1v) is 8.05. The van der Waals surface area contributed by atoms with Gasteiger partial charge in [0.25, 0.3) is 0 Å². The van der Waals surface area contributed by atoms with Crippen LogP contribution in [0.2, 0.25) is 5.02 Å². The Morgan fingerprint density at radius 1 is 1.32 bits per heavy atom. The molecular formula is C14H21ClN2OS. The molecule has 0 aliphatic heterocycles. The second-order valence-corrected chi connectivity index (χ2v) is 5.64. The third-order valence-corrected chi connectivity index (χ3v) is 3.68. The summed E-state index contributed by atoms with van der Waals surface area (Å²) in [7, 11) is 0. The molecule has 0 spiro atoms. The van der Waals surface area contributed by atoms with Crippen LogP contribution in [0.5, 0.6) is 0 Å². The van der Waals surface area contributed by atoms with Crippen molar-refractivity contribution in [3.8, 4) is 0 Å².